The van der Waals surface area contributed by atoms with Crippen molar-refractivity contribution >= 4 is 11.7 Å². The van der Waals surface area contributed by atoms with E-state index in [2.05, 4.69) is 10.4 Å². The molecule has 1 aromatic heterocycles. The van der Waals surface area contributed by atoms with Crippen LogP contribution in [0.15, 0.2) is 36.5 Å². The molecule has 21 heavy (non-hydrogen) atoms. The summed E-state index contributed by atoms with van der Waals surface area (Å²) in [4.78, 5) is 12.1. The van der Waals surface area contributed by atoms with Crippen molar-refractivity contribution < 1.29 is 9.90 Å². The van der Waals surface area contributed by atoms with Crippen molar-refractivity contribution in [2.45, 2.75) is 32.4 Å². The van der Waals surface area contributed by atoms with Gasteiger partial charge in [-0.25, -0.2) is 4.68 Å². The van der Waals surface area contributed by atoms with E-state index >= 15 is 0 Å². The Labute approximate surface area is 123 Å². The van der Waals surface area contributed by atoms with Crippen molar-refractivity contribution in [2.75, 3.05) is 5.32 Å². The lowest BCUT2D eigenvalue weighted by atomic mass is 10.1. The third-order valence-electron chi connectivity index (χ3n) is 3.14. The Morgan fingerprint density at radius 2 is 2.00 bits per heavy atom. The molecule has 0 radical (unpaired) electrons. The lowest BCUT2D eigenvalue weighted by Crippen LogP contribution is -2.38. The van der Waals surface area contributed by atoms with E-state index in [4.69, 9.17) is 5.73 Å². The van der Waals surface area contributed by atoms with Crippen LogP contribution in [0, 0.1) is 0 Å². The van der Waals surface area contributed by atoms with Crippen LogP contribution in [-0.4, -0.2) is 26.8 Å². The van der Waals surface area contributed by atoms with E-state index in [0.717, 1.165) is 5.56 Å². The first-order valence-electron chi connectivity index (χ1n) is 6.85. The number of rotatable bonds is 5. The first-order chi connectivity index (χ1) is 9.97. The van der Waals surface area contributed by atoms with Crippen molar-refractivity contribution in [3.63, 3.8) is 0 Å². The molecule has 0 fully saturated rings. The van der Waals surface area contributed by atoms with Gasteiger partial charge in [-0.1, -0.05) is 12.1 Å². The topological polar surface area (TPSA) is 93.2 Å². The average Bonchev–Trinajstić information content (AvgIpc) is 2.89. The van der Waals surface area contributed by atoms with Gasteiger partial charge in [0.05, 0.1) is 12.2 Å². The monoisotopic (exact) mass is 288 g/mol. The Kier molecular flexibility index (Phi) is 4.59. The van der Waals surface area contributed by atoms with Gasteiger partial charge >= 0.3 is 0 Å². The minimum atomic E-state index is -0.662. The first kappa shape index (κ1) is 15.1. The Morgan fingerprint density at radius 1 is 1.33 bits per heavy atom. The summed E-state index contributed by atoms with van der Waals surface area (Å²) >= 11 is 0. The second kappa shape index (κ2) is 6.41. The molecule has 2 aromatic rings. The summed E-state index contributed by atoms with van der Waals surface area (Å²) in [6, 6.07) is 7.89. The maximum atomic E-state index is 12.1. The smallest absolute Gasteiger partial charge is 0.242 e. The molecule has 1 unspecified atom stereocenters. The summed E-state index contributed by atoms with van der Waals surface area (Å²) in [6.45, 7) is 3.97. The first-order valence-corrected chi connectivity index (χ1v) is 6.85. The van der Waals surface area contributed by atoms with E-state index in [0.29, 0.717) is 12.2 Å². The van der Waals surface area contributed by atoms with Crippen LogP contribution in [-0.2, 0) is 11.2 Å². The van der Waals surface area contributed by atoms with Crippen molar-refractivity contribution in [3.8, 4) is 5.75 Å². The van der Waals surface area contributed by atoms with Crippen LogP contribution in [0.1, 0.15) is 25.5 Å². The molecule has 0 bridgehead atoms. The summed E-state index contributed by atoms with van der Waals surface area (Å²) in [5.41, 5.74) is 6.82. The molecule has 0 aliphatic heterocycles. The highest BCUT2D eigenvalue weighted by molar-refractivity contribution is 5.94. The van der Waals surface area contributed by atoms with E-state index in [-0.39, 0.29) is 17.7 Å². The van der Waals surface area contributed by atoms with Crippen molar-refractivity contribution in [1.29, 1.82) is 0 Å². The van der Waals surface area contributed by atoms with Crippen LogP contribution in [0.25, 0.3) is 0 Å². The second-order valence-corrected chi connectivity index (χ2v) is 5.22. The minimum absolute atomic E-state index is 0.156. The molecule has 0 spiro atoms. The van der Waals surface area contributed by atoms with Gasteiger partial charge in [0.1, 0.15) is 11.6 Å². The number of amides is 1. The maximum Gasteiger partial charge on any atom is 0.242 e. The number of nitrogens with two attached hydrogens (primary N) is 1. The van der Waals surface area contributed by atoms with E-state index in [1.165, 1.54) is 0 Å². The van der Waals surface area contributed by atoms with Crippen LogP contribution in [0.4, 0.5) is 5.82 Å². The maximum absolute atomic E-state index is 12.1. The van der Waals surface area contributed by atoms with Gasteiger partial charge < -0.3 is 16.2 Å². The number of phenols is 1. The molecule has 0 saturated heterocycles. The fourth-order valence-electron chi connectivity index (χ4n) is 2.02. The molecule has 6 nitrogen and oxygen atoms in total. The Bertz CT molecular complexity index is 604. The van der Waals surface area contributed by atoms with Crippen molar-refractivity contribution in [1.82, 2.24) is 9.78 Å². The largest absolute Gasteiger partial charge is 0.508 e. The van der Waals surface area contributed by atoms with Gasteiger partial charge in [0.25, 0.3) is 0 Å². The second-order valence-electron chi connectivity index (χ2n) is 5.22. The molecule has 112 valence electrons. The number of hydrogen-bond donors (Lipinski definition) is 3. The van der Waals surface area contributed by atoms with E-state index in [1.807, 2.05) is 13.8 Å². The molecule has 6 heteroatoms. The fraction of sp³-hybridized carbons (Fsp3) is 0.333. The summed E-state index contributed by atoms with van der Waals surface area (Å²) < 4.78 is 1.73. The standard InChI is InChI=1S/C15H20N4O2/c1-10(2)19-14(7-8-17-19)18-15(21)13(16)9-11-3-5-12(20)6-4-11/h3-8,10,13,20H,9,16H2,1-2H3,(H,18,21). The average molecular weight is 288 g/mol. The summed E-state index contributed by atoms with van der Waals surface area (Å²) in [5, 5.41) is 16.2. The van der Waals surface area contributed by atoms with Gasteiger partial charge in [-0.15, -0.1) is 0 Å². The molecular formula is C15H20N4O2. The van der Waals surface area contributed by atoms with Crippen LogP contribution in [0.2, 0.25) is 0 Å². The van der Waals surface area contributed by atoms with Gasteiger partial charge in [0.15, 0.2) is 0 Å². The highest BCUT2D eigenvalue weighted by Crippen LogP contribution is 2.14. The number of carbonyl (C=O) groups excluding carboxylic acids is 1. The summed E-state index contributed by atoms with van der Waals surface area (Å²) in [5.74, 6) is 0.569. The minimum Gasteiger partial charge on any atom is -0.508 e. The number of carbonyl (C=O) groups is 1. The summed E-state index contributed by atoms with van der Waals surface area (Å²) in [7, 11) is 0. The molecule has 0 aliphatic carbocycles. The third kappa shape index (κ3) is 3.82. The number of nitrogens with zero attached hydrogens (tertiary/aromatic N) is 2. The highest BCUT2D eigenvalue weighted by Gasteiger charge is 2.16. The SMILES string of the molecule is CC(C)n1nccc1NC(=O)C(N)Cc1ccc(O)cc1. The van der Waals surface area contributed by atoms with Gasteiger partial charge in [-0.3, -0.25) is 4.79 Å². The summed E-state index contributed by atoms with van der Waals surface area (Å²) in [6.07, 6.45) is 2.04. The Morgan fingerprint density at radius 3 is 2.62 bits per heavy atom. The van der Waals surface area contributed by atoms with E-state index in [1.54, 1.807) is 41.2 Å². The van der Waals surface area contributed by atoms with Gasteiger partial charge in [0.2, 0.25) is 5.91 Å². The van der Waals surface area contributed by atoms with Crippen LogP contribution < -0.4 is 11.1 Å². The molecular weight excluding hydrogens is 268 g/mol. The Balaban J connectivity index is 1.99. The number of aromatic nitrogens is 2. The number of nitrogens with one attached hydrogen (secondary N) is 1. The van der Waals surface area contributed by atoms with Crippen molar-refractivity contribution in [3.05, 3.63) is 42.1 Å². The molecule has 1 aromatic carbocycles. The van der Waals surface area contributed by atoms with Crippen molar-refractivity contribution in [2.24, 2.45) is 5.73 Å². The number of hydrogen-bond acceptors (Lipinski definition) is 4. The predicted molar refractivity (Wildman–Crippen MR) is 81.0 cm³/mol. The lowest BCUT2D eigenvalue weighted by Gasteiger charge is -2.15. The predicted octanol–water partition coefficient (Wildman–Crippen LogP) is 1.68. The van der Waals surface area contributed by atoms with E-state index in [9.17, 15) is 9.90 Å². The zero-order valence-corrected chi connectivity index (χ0v) is 12.2. The normalized spacial score (nSPS) is 12.4. The van der Waals surface area contributed by atoms with Gasteiger partial charge in [-0.2, -0.15) is 5.10 Å². The molecule has 0 aliphatic rings. The molecule has 1 heterocycles. The molecule has 1 amide bonds. The molecule has 4 N–H and O–H groups in total. The van der Waals surface area contributed by atoms with Crippen LogP contribution in [0.5, 0.6) is 5.75 Å². The molecule has 0 saturated carbocycles. The fourth-order valence-corrected chi connectivity index (χ4v) is 2.02. The van der Waals surface area contributed by atoms with E-state index < -0.39 is 6.04 Å². The third-order valence-corrected chi connectivity index (χ3v) is 3.14. The zero-order chi connectivity index (χ0) is 15.4. The quantitative estimate of drug-likeness (QED) is 0.780. The number of aromatic hydroxyl groups is 1. The van der Waals surface area contributed by atoms with Gasteiger partial charge in [-0.05, 0) is 38.0 Å². The number of phenolic OH excluding ortho intramolecular Hbond substituents is 1. The van der Waals surface area contributed by atoms with Crippen LogP contribution in [0.3, 0.4) is 0 Å². The van der Waals surface area contributed by atoms with Crippen LogP contribution >= 0.6 is 0 Å². The molecule has 1 atom stereocenters. The zero-order valence-electron chi connectivity index (χ0n) is 12.2. The Hall–Kier alpha value is -2.34. The number of anilines is 1. The lowest BCUT2D eigenvalue weighted by molar-refractivity contribution is -0.117. The number of benzene rings is 1. The molecule has 2 rings (SSSR count). The highest BCUT2D eigenvalue weighted by atomic mass is 16.3. The van der Waals surface area contributed by atoms with Gasteiger partial charge in [0, 0.05) is 12.1 Å².